The van der Waals surface area contributed by atoms with Gasteiger partial charge in [-0.05, 0) is 22.9 Å². The number of carbonyl (C=O) groups excluding carboxylic acids is 1. The van der Waals surface area contributed by atoms with Crippen molar-refractivity contribution >= 4 is 11.7 Å². The van der Waals surface area contributed by atoms with E-state index in [1.165, 1.54) is 13.0 Å². The summed E-state index contributed by atoms with van der Waals surface area (Å²) in [6, 6.07) is 1.34. The van der Waals surface area contributed by atoms with Crippen LogP contribution in [0.3, 0.4) is 0 Å². The van der Waals surface area contributed by atoms with Crippen LogP contribution >= 0.6 is 0 Å². The highest BCUT2D eigenvalue weighted by molar-refractivity contribution is 5.92. The highest BCUT2D eigenvalue weighted by atomic mass is 16.6. The maximum absolute atomic E-state index is 10.6. The first-order valence-corrected chi connectivity index (χ1v) is 3.43. The summed E-state index contributed by atoms with van der Waals surface area (Å²) in [5, 5.41) is 10.3. The first-order chi connectivity index (χ1) is 6.02. The second kappa shape index (κ2) is 3.18. The van der Waals surface area contributed by atoms with Gasteiger partial charge in [0.05, 0.1) is 5.56 Å². The number of carbonyl (C=O) groups is 1. The van der Waals surface area contributed by atoms with Crippen LogP contribution in [0.5, 0.6) is 0 Å². The Morgan fingerprint density at radius 2 is 2.31 bits per heavy atom. The van der Waals surface area contributed by atoms with Crippen LogP contribution in [0.2, 0.25) is 0 Å². The first-order valence-electron chi connectivity index (χ1n) is 3.43. The average molecular weight is 181 g/mol. The third-order valence-corrected chi connectivity index (χ3v) is 1.51. The van der Waals surface area contributed by atoms with Gasteiger partial charge in [-0.15, -0.1) is 0 Å². The molecule has 0 bridgehead atoms. The van der Waals surface area contributed by atoms with Crippen LogP contribution in [-0.4, -0.2) is 15.8 Å². The molecule has 6 heteroatoms. The van der Waals surface area contributed by atoms with Gasteiger partial charge < -0.3 is 15.8 Å². The van der Waals surface area contributed by atoms with Gasteiger partial charge in [0.1, 0.15) is 0 Å². The van der Waals surface area contributed by atoms with E-state index in [9.17, 15) is 14.9 Å². The number of primary amides is 1. The van der Waals surface area contributed by atoms with Gasteiger partial charge in [0.25, 0.3) is 5.91 Å². The molecule has 1 aromatic heterocycles. The minimum Gasteiger partial charge on any atom is -0.365 e. The third kappa shape index (κ3) is 1.78. The highest BCUT2D eigenvalue weighted by Crippen LogP contribution is 2.14. The van der Waals surface area contributed by atoms with Crippen LogP contribution in [0, 0.1) is 17.0 Å². The molecule has 13 heavy (non-hydrogen) atoms. The second-order valence-electron chi connectivity index (χ2n) is 2.49. The van der Waals surface area contributed by atoms with Gasteiger partial charge in [-0.2, -0.15) is 0 Å². The number of pyridine rings is 1. The minimum atomic E-state index is -0.648. The standard InChI is InChI=1S/C7H7N3O3/c1-4-2-5(6(8)11)3-9-7(4)10(12)13/h2-3H,1H3,(H2,8,11). The van der Waals surface area contributed by atoms with E-state index >= 15 is 0 Å². The smallest absolute Gasteiger partial charge is 0.365 e. The summed E-state index contributed by atoms with van der Waals surface area (Å²) < 4.78 is 0. The fourth-order valence-electron chi connectivity index (χ4n) is 0.893. The quantitative estimate of drug-likeness (QED) is 0.527. The Bertz CT molecular complexity index is 375. The second-order valence-corrected chi connectivity index (χ2v) is 2.49. The number of nitro groups is 1. The molecule has 0 aliphatic rings. The average Bonchev–Trinajstić information content (AvgIpc) is 2.03. The molecule has 0 fully saturated rings. The molecule has 0 atom stereocenters. The predicted molar refractivity (Wildman–Crippen MR) is 44.1 cm³/mol. The van der Waals surface area contributed by atoms with Crippen LogP contribution < -0.4 is 5.73 Å². The Labute approximate surface area is 73.5 Å². The predicted octanol–water partition coefficient (Wildman–Crippen LogP) is 0.397. The van der Waals surface area contributed by atoms with Gasteiger partial charge in [0.15, 0.2) is 6.20 Å². The molecular weight excluding hydrogens is 174 g/mol. The summed E-state index contributed by atoms with van der Waals surface area (Å²) in [7, 11) is 0. The molecule has 0 aromatic carbocycles. The Morgan fingerprint density at radius 1 is 1.69 bits per heavy atom. The van der Waals surface area contributed by atoms with Crippen LogP contribution in [-0.2, 0) is 0 Å². The van der Waals surface area contributed by atoms with Crippen molar-refractivity contribution < 1.29 is 9.72 Å². The summed E-state index contributed by atoms with van der Waals surface area (Å²) in [6.45, 7) is 1.50. The van der Waals surface area contributed by atoms with Gasteiger partial charge in [0.2, 0.25) is 0 Å². The number of hydrogen-bond donors (Lipinski definition) is 1. The number of nitrogens with two attached hydrogens (primary N) is 1. The number of rotatable bonds is 2. The van der Waals surface area contributed by atoms with E-state index in [2.05, 4.69) is 4.98 Å². The normalized spacial score (nSPS) is 9.62. The number of aryl methyl sites for hydroxylation is 1. The summed E-state index contributed by atoms with van der Waals surface area (Å²) in [5.41, 5.74) is 5.45. The monoisotopic (exact) mass is 181 g/mol. The summed E-state index contributed by atoms with van der Waals surface area (Å²) >= 11 is 0. The van der Waals surface area contributed by atoms with Crippen molar-refractivity contribution in [1.82, 2.24) is 4.98 Å². The summed E-state index contributed by atoms with van der Waals surface area (Å²) in [4.78, 5) is 23.9. The Balaban J connectivity index is 3.20. The molecule has 68 valence electrons. The zero-order valence-electron chi connectivity index (χ0n) is 6.85. The molecule has 0 unspecified atom stereocenters. The highest BCUT2D eigenvalue weighted by Gasteiger charge is 2.14. The molecule has 0 saturated carbocycles. The number of amides is 1. The lowest BCUT2D eigenvalue weighted by Gasteiger charge is -1.97. The molecule has 1 rings (SSSR count). The lowest BCUT2D eigenvalue weighted by atomic mass is 10.2. The number of hydrogen-bond acceptors (Lipinski definition) is 4. The van der Waals surface area contributed by atoms with E-state index in [1.54, 1.807) is 0 Å². The molecule has 0 saturated heterocycles. The van der Waals surface area contributed by atoms with Crippen molar-refractivity contribution in [3.05, 3.63) is 33.5 Å². The Hall–Kier alpha value is -1.98. The van der Waals surface area contributed by atoms with Crippen molar-refractivity contribution in [2.24, 2.45) is 5.73 Å². The molecular formula is C7H7N3O3. The summed E-state index contributed by atoms with van der Waals surface area (Å²) in [6.07, 6.45) is 1.09. The van der Waals surface area contributed by atoms with E-state index in [4.69, 9.17) is 5.73 Å². The van der Waals surface area contributed by atoms with Crippen LogP contribution in [0.15, 0.2) is 12.3 Å². The Morgan fingerprint density at radius 3 is 2.69 bits per heavy atom. The number of nitrogens with zero attached hydrogens (tertiary/aromatic N) is 2. The van der Waals surface area contributed by atoms with E-state index in [-0.39, 0.29) is 11.4 Å². The fourth-order valence-corrected chi connectivity index (χ4v) is 0.893. The van der Waals surface area contributed by atoms with E-state index in [0.29, 0.717) is 5.56 Å². The van der Waals surface area contributed by atoms with Crippen molar-refractivity contribution in [2.45, 2.75) is 6.92 Å². The lowest BCUT2D eigenvalue weighted by molar-refractivity contribution is -0.390. The molecule has 1 aromatic rings. The molecule has 0 aliphatic carbocycles. The molecule has 2 N–H and O–H groups in total. The van der Waals surface area contributed by atoms with Crippen molar-refractivity contribution in [3.8, 4) is 0 Å². The molecule has 1 heterocycles. The van der Waals surface area contributed by atoms with Gasteiger partial charge >= 0.3 is 5.82 Å². The molecule has 1 amide bonds. The molecule has 6 nitrogen and oxygen atoms in total. The van der Waals surface area contributed by atoms with E-state index in [0.717, 1.165) is 6.20 Å². The lowest BCUT2D eigenvalue weighted by Crippen LogP contribution is -2.12. The van der Waals surface area contributed by atoms with Crippen LogP contribution in [0.4, 0.5) is 5.82 Å². The van der Waals surface area contributed by atoms with Crippen molar-refractivity contribution in [3.63, 3.8) is 0 Å². The zero-order chi connectivity index (χ0) is 10.0. The SMILES string of the molecule is Cc1cc(C(N)=O)cnc1[N+](=O)[O-]. The van der Waals surface area contributed by atoms with Gasteiger partial charge in [-0.1, -0.05) is 0 Å². The molecule has 0 aliphatic heterocycles. The number of aromatic nitrogens is 1. The van der Waals surface area contributed by atoms with Gasteiger partial charge in [-0.3, -0.25) is 4.79 Å². The van der Waals surface area contributed by atoms with E-state index in [1.807, 2.05) is 0 Å². The molecule has 0 radical (unpaired) electrons. The van der Waals surface area contributed by atoms with Crippen LogP contribution in [0.25, 0.3) is 0 Å². The fraction of sp³-hybridized carbons (Fsp3) is 0.143. The Kier molecular flexibility index (Phi) is 2.23. The van der Waals surface area contributed by atoms with Crippen LogP contribution in [0.1, 0.15) is 15.9 Å². The van der Waals surface area contributed by atoms with Gasteiger partial charge in [0, 0.05) is 5.56 Å². The van der Waals surface area contributed by atoms with Crippen molar-refractivity contribution in [2.75, 3.05) is 0 Å². The van der Waals surface area contributed by atoms with E-state index < -0.39 is 10.8 Å². The minimum absolute atomic E-state index is 0.170. The zero-order valence-corrected chi connectivity index (χ0v) is 6.85. The topological polar surface area (TPSA) is 99.1 Å². The first kappa shape index (κ1) is 9.11. The van der Waals surface area contributed by atoms with Gasteiger partial charge in [-0.25, -0.2) is 0 Å². The maximum atomic E-state index is 10.6. The summed E-state index contributed by atoms with van der Waals surface area (Å²) in [5.74, 6) is -0.907. The molecule has 0 spiro atoms. The maximum Gasteiger partial charge on any atom is 0.366 e. The largest absolute Gasteiger partial charge is 0.366 e. The third-order valence-electron chi connectivity index (χ3n) is 1.51. The van der Waals surface area contributed by atoms with Crippen molar-refractivity contribution in [1.29, 1.82) is 0 Å².